The van der Waals surface area contributed by atoms with E-state index in [4.69, 9.17) is 11.6 Å². The Hall–Kier alpha value is -1.68. The molecular weight excluding hydrogens is 372 g/mol. The van der Waals surface area contributed by atoms with Gasteiger partial charge in [0, 0.05) is 22.2 Å². The molecule has 1 aromatic heterocycles. The quantitative estimate of drug-likeness (QED) is 0.636. The van der Waals surface area contributed by atoms with Crippen molar-refractivity contribution in [3.05, 3.63) is 99.2 Å². The van der Waals surface area contributed by atoms with Gasteiger partial charge in [0.25, 0.3) is 0 Å². The number of pyridine rings is 1. The lowest BCUT2D eigenvalue weighted by molar-refractivity contribution is 0.592. The summed E-state index contributed by atoms with van der Waals surface area (Å²) < 4.78 is 1.08. The molecule has 0 aliphatic heterocycles. The number of halogens is 2. The van der Waals surface area contributed by atoms with Crippen molar-refractivity contribution in [3.8, 4) is 0 Å². The van der Waals surface area contributed by atoms with Crippen molar-refractivity contribution in [2.45, 2.75) is 12.6 Å². The summed E-state index contributed by atoms with van der Waals surface area (Å²) in [4.78, 5) is 4.50. The van der Waals surface area contributed by atoms with Gasteiger partial charge in [-0.05, 0) is 47.5 Å². The van der Waals surface area contributed by atoms with E-state index in [0.717, 1.165) is 27.3 Å². The number of hydrogen-bond acceptors (Lipinski definition) is 2. The van der Waals surface area contributed by atoms with Crippen LogP contribution in [0.4, 0.5) is 0 Å². The minimum Gasteiger partial charge on any atom is -0.301 e. The fourth-order valence-corrected chi connectivity index (χ4v) is 2.91. The highest BCUT2D eigenvalue weighted by atomic mass is 79.9. The molecule has 23 heavy (non-hydrogen) atoms. The Kier molecular flexibility index (Phi) is 5.44. The highest BCUT2D eigenvalue weighted by molar-refractivity contribution is 9.10. The monoisotopic (exact) mass is 386 g/mol. The lowest BCUT2D eigenvalue weighted by atomic mass is 10.0. The fourth-order valence-electron chi connectivity index (χ4n) is 2.45. The number of nitrogens with one attached hydrogen (secondary N) is 1. The molecule has 1 N–H and O–H groups in total. The third-order valence-corrected chi connectivity index (χ3v) is 4.35. The highest BCUT2D eigenvalue weighted by Crippen LogP contribution is 2.23. The molecule has 4 heteroatoms. The zero-order valence-electron chi connectivity index (χ0n) is 12.4. The molecule has 0 saturated carbocycles. The van der Waals surface area contributed by atoms with E-state index >= 15 is 0 Å². The summed E-state index contributed by atoms with van der Waals surface area (Å²) in [7, 11) is 0. The van der Waals surface area contributed by atoms with Crippen molar-refractivity contribution < 1.29 is 0 Å². The molecule has 0 unspecified atom stereocenters. The average Bonchev–Trinajstić information content (AvgIpc) is 2.58. The van der Waals surface area contributed by atoms with Crippen LogP contribution in [0.15, 0.2) is 77.4 Å². The van der Waals surface area contributed by atoms with Crippen LogP contribution in [0, 0.1) is 0 Å². The van der Waals surface area contributed by atoms with E-state index in [1.54, 1.807) is 0 Å². The van der Waals surface area contributed by atoms with Crippen molar-refractivity contribution in [2.24, 2.45) is 0 Å². The summed E-state index contributed by atoms with van der Waals surface area (Å²) >= 11 is 9.62. The largest absolute Gasteiger partial charge is 0.301 e. The summed E-state index contributed by atoms with van der Waals surface area (Å²) in [6.07, 6.45) is 1.81. The molecule has 2 nitrogen and oxygen atoms in total. The van der Waals surface area contributed by atoms with Gasteiger partial charge in [0.2, 0.25) is 0 Å². The maximum Gasteiger partial charge on any atom is 0.0754 e. The van der Waals surface area contributed by atoms with E-state index in [9.17, 15) is 0 Å². The van der Waals surface area contributed by atoms with Crippen LogP contribution in [-0.4, -0.2) is 4.98 Å². The van der Waals surface area contributed by atoms with E-state index in [1.165, 1.54) is 5.56 Å². The maximum absolute atomic E-state index is 6.16. The van der Waals surface area contributed by atoms with Crippen molar-refractivity contribution in [1.82, 2.24) is 10.3 Å². The van der Waals surface area contributed by atoms with E-state index < -0.39 is 0 Å². The van der Waals surface area contributed by atoms with E-state index in [1.807, 2.05) is 54.7 Å². The standard InChI is InChI=1S/C19H16BrClN2/c20-16-9-7-14(8-10-16)13-23-19(18-6-1-2-11-22-18)15-4-3-5-17(21)12-15/h1-12,19,23H,13H2/t19-/m0/s1. The lowest BCUT2D eigenvalue weighted by Crippen LogP contribution is -2.23. The Labute approximate surface area is 149 Å². The number of hydrogen-bond donors (Lipinski definition) is 1. The average molecular weight is 388 g/mol. The third-order valence-electron chi connectivity index (χ3n) is 3.59. The molecular formula is C19H16BrClN2. The Morgan fingerprint density at radius 1 is 1.00 bits per heavy atom. The van der Waals surface area contributed by atoms with Crippen LogP contribution in [0.3, 0.4) is 0 Å². The van der Waals surface area contributed by atoms with Crippen LogP contribution in [0.1, 0.15) is 22.9 Å². The molecule has 0 bridgehead atoms. The molecule has 1 atom stereocenters. The molecule has 3 aromatic rings. The molecule has 0 fully saturated rings. The first-order valence-electron chi connectivity index (χ1n) is 7.36. The van der Waals surface area contributed by atoms with Gasteiger partial charge in [0.05, 0.1) is 11.7 Å². The Morgan fingerprint density at radius 3 is 2.52 bits per heavy atom. The van der Waals surface area contributed by atoms with Crippen LogP contribution < -0.4 is 5.32 Å². The number of nitrogens with zero attached hydrogens (tertiary/aromatic N) is 1. The van der Waals surface area contributed by atoms with Gasteiger partial charge < -0.3 is 5.32 Å². The van der Waals surface area contributed by atoms with Gasteiger partial charge in [0.1, 0.15) is 0 Å². The van der Waals surface area contributed by atoms with Crippen molar-refractivity contribution in [2.75, 3.05) is 0 Å². The Bertz CT molecular complexity index is 760. The predicted octanol–water partition coefficient (Wildman–Crippen LogP) is 5.38. The van der Waals surface area contributed by atoms with Gasteiger partial charge in [-0.3, -0.25) is 4.98 Å². The first-order chi connectivity index (χ1) is 11.2. The lowest BCUT2D eigenvalue weighted by Gasteiger charge is -2.19. The molecule has 3 rings (SSSR count). The van der Waals surface area contributed by atoms with Gasteiger partial charge in [0.15, 0.2) is 0 Å². The van der Waals surface area contributed by atoms with Crippen LogP contribution in [0.25, 0.3) is 0 Å². The summed E-state index contributed by atoms with van der Waals surface area (Å²) in [5, 5.41) is 4.31. The van der Waals surface area contributed by atoms with Gasteiger partial charge in [-0.15, -0.1) is 0 Å². The molecule has 0 amide bonds. The van der Waals surface area contributed by atoms with Crippen molar-refractivity contribution in [1.29, 1.82) is 0 Å². The second-order valence-corrected chi connectivity index (χ2v) is 6.60. The summed E-state index contributed by atoms with van der Waals surface area (Å²) in [5.74, 6) is 0. The van der Waals surface area contributed by atoms with Crippen LogP contribution in [-0.2, 0) is 6.54 Å². The number of aromatic nitrogens is 1. The zero-order valence-corrected chi connectivity index (χ0v) is 14.8. The Morgan fingerprint density at radius 2 is 1.83 bits per heavy atom. The second-order valence-electron chi connectivity index (χ2n) is 5.25. The Balaban J connectivity index is 1.85. The number of rotatable bonds is 5. The first kappa shape index (κ1) is 16.2. The van der Waals surface area contributed by atoms with E-state index in [-0.39, 0.29) is 6.04 Å². The fraction of sp³-hybridized carbons (Fsp3) is 0.105. The minimum absolute atomic E-state index is 0.00135. The zero-order chi connectivity index (χ0) is 16.1. The molecule has 2 aromatic carbocycles. The molecule has 0 saturated heterocycles. The van der Waals surface area contributed by atoms with E-state index in [0.29, 0.717) is 0 Å². The molecule has 0 spiro atoms. The SMILES string of the molecule is Clc1cccc([C@H](NCc2ccc(Br)cc2)c2ccccn2)c1. The minimum atomic E-state index is -0.00135. The molecule has 0 aliphatic carbocycles. The summed E-state index contributed by atoms with van der Waals surface area (Å²) in [5.41, 5.74) is 3.30. The molecule has 1 heterocycles. The van der Waals surface area contributed by atoms with E-state index in [2.05, 4.69) is 44.4 Å². The topological polar surface area (TPSA) is 24.9 Å². The molecule has 116 valence electrons. The smallest absolute Gasteiger partial charge is 0.0754 e. The normalized spacial score (nSPS) is 12.1. The van der Waals surface area contributed by atoms with Crippen LogP contribution in [0.2, 0.25) is 5.02 Å². The number of benzene rings is 2. The molecule has 0 aliphatic rings. The molecule has 0 radical (unpaired) electrons. The van der Waals surface area contributed by atoms with Gasteiger partial charge in [-0.1, -0.05) is 57.9 Å². The van der Waals surface area contributed by atoms with Gasteiger partial charge >= 0.3 is 0 Å². The summed E-state index contributed by atoms with van der Waals surface area (Å²) in [6.45, 7) is 0.751. The van der Waals surface area contributed by atoms with Crippen LogP contribution in [0.5, 0.6) is 0 Å². The maximum atomic E-state index is 6.16. The van der Waals surface area contributed by atoms with Crippen LogP contribution >= 0.6 is 27.5 Å². The van der Waals surface area contributed by atoms with Gasteiger partial charge in [-0.2, -0.15) is 0 Å². The van der Waals surface area contributed by atoms with Crippen molar-refractivity contribution in [3.63, 3.8) is 0 Å². The van der Waals surface area contributed by atoms with Crippen molar-refractivity contribution >= 4 is 27.5 Å². The first-order valence-corrected chi connectivity index (χ1v) is 8.54. The third kappa shape index (κ3) is 4.41. The summed E-state index contributed by atoms with van der Waals surface area (Å²) in [6, 6.07) is 22.2. The van der Waals surface area contributed by atoms with Gasteiger partial charge in [-0.25, -0.2) is 0 Å². The predicted molar refractivity (Wildman–Crippen MR) is 98.5 cm³/mol. The second kappa shape index (κ2) is 7.73. The highest BCUT2D eigenvalue weighted by Gasteiger charge is 2.15.